The van der Waals surface area contributed by atoms with Crippen molar-refractivity contribution in [2.75, 3.05) is 0 Å². The number of nitrogens with zero attached hydrogens (tertiary/aromatic N) is 2. The van der Waals surface area contributed by atoms with Crippen LogP contribution in [0, 0.1) is 6.92 Å². The smallest absolute Gasteiger partial charge is 0.253 e. The van der Waals surface area contributed by atoms with Gasteiger partial charge in [0.2, 0.25) is 5.56 Å². The van der Waals surface area contributed by atoms with Crippen LogP contribution in [0.4, 0.5) is 0 Å². The number of carbonyl (C=O) groups is 1. The van der Waals surface area contributed by atoms with Crippen molar-refractivity contribution in [1.82, 2.24) is 20.1 Å². The fraction of sp³-hybridized carbons (Fsp3) is 0.308. The lowest BCUT2D eigenvalue weighted by atomic mass is 10.1. The lowest BCUT2D eigenvalue weighted by Gasteiger charge is -2.13. The van der Waals surface area contributed by atoms with E-state index in [9.17, 15) is 9.59 Å². The van der Waals surface area contributed by atoms with Crippen molar-refractivity contribution in [3.8, 4) is 0 Å². The molecule has 0 fully saturated rings. The van der Waals surface area contributed by atoms with Crippen LogP contribution in [0.2, 0.25) is 0 Å². The average Bonchev–Trinajstić information content (AvgIpc) is 2.70. The van der Waals surface area contributed by atoms with E-state index in [-0.39, 0.29) is 17.5 Å². The van der Waals surface area contributed by atoms with Crippen molar-refractivity contribution in [2.45, 2.75) is 19.9 Å². The van der Waals surface area contributed by atoms with Crippen molar-refractivity contribution in [3.05, 3.63) is 51.7 Å². The zero-order valence-corrected chi connectivity index (χ0v) is 11.1. The number of aryl methyl sites for hydroxylation is 1. The molecule has 0 saturated carbocycles. The monoisotopic (exact) mass is 260 g/mol. The lowest BCUT2D eigenvalue weighted by Crippen LogP contribution is -2.27. The Morgan fingerprint density at radius 3 is 2.74 bits per heavy atom. The lowest BCUT2D eigenvalue weighted by molar-refractivity contribution is 0.0939. The Balaban J connectivity index is 2.13. The van der Waals surface area contributed by atoms with Crippen LogP contribution in [-0.2, 0) is 7.05 Å². The summed E-state index contributed by atoms with van der Waals surface area (Å²) in [5, 5.41) is 7.02. The van der Waals surface area contributed by atoms with Crippen molar-refractivity contribution >= 4 is 5.91 Å². The molecule has 1 atom stereocenters. The zero-order chi connectivity index (χ0) is 14.0. The number of pyridine rings is 1. The van der Waals surface area contributed by atoms with E-state index in [1.165, 1.54) is 18.3 Å². The molecule has 0 aliphatic carbocycles. The minimum absolute atomic E-state index is 0.145. The molecule has 2 rings (SSSR count). The minimum Gasteiger partial charge on any atom is -0.345 e. The van der Waals surface area contributed by atoms with Gasteiger partial charge in [-0.15, -0.1) is 0 Å². The average molecular weight is 260 g/mol. The van der Waals surface area contributed by atoms with Crippen LogP contribution in [0.3, 0.4) is 0 Å². The number of amides is 1. The summed E-state index contributed by atoms with van der Waals surface area (Å²) < 4.78 is 1.76. The first-order chi connectivity index (χ1) is 8.99. The van der Waals surface area contributed by atoms with Gasteiger partial charge in [0.1, 0.15) is 0 Å². The standard InChI is InChI=1S/C13H16N4O2/c1-8(11-7-15-17(3)9(11)2)16-13(19)10-4-5-12(18)14-6-10/h4-8H,1-3H3,(H,14,18)(H,16,19). The number of aromatic amines is 1. The maximum Gasteiger partial charge on any atom is 0.253 e. The Hall–Kier alpha value is -2.37. The molecule has 19 heavy (non-hydrogen) atoms. The third-order valence-corrected chi connectivity index (χ3v) is 3.13. The number of carbonyl (C=O) groups excluding carboxylic acids is 1. The molecule has 2 heterocycles. The van der Waals surface area contributed by atoms with E-state index in [0.717, 1.165) is 11.3 Å². The number of rotatable bonds is 3. The summed E-state index contributed by atoms with van der Waals surface area (Å²) >= 11 is 0. The molecule has 0 aliphatic rings. The van der Waals surface area contributed by atoms with Crippen LogP contribution in [-0.4, -0.2) is 20.7 Å². The first kappa shape index (κ1) is 13.1. The molecule has 0 spiro atoms. The number of H-pyrrole nitrogens is 1. The van der Waals surface area contributed by atoms with Crippen molar-refractivity contribution in [2.24, 2.45) is 7.05 Å². The molecule has 0 saturated heterocycles. The Morgan fingerprint density at radius 2 is 2.21 bits per heavy atom. The Morgan fingerprint density at radius 1 is 1.47 bits per heavy atom. The van der Waals surface area contributed by atoms with Crippen LogP contribution in [0.25, 0.3) is 0 Å². The third kappa shape index (κ3) is 2.73. The number of hydrogen-bond donors (Lipinski definition) is 2. The van der Waals surface area contributed by atoms with Crippen LogP contribution in [0.1, 0.15) is 34.6 Å². The van der Waals surface area contributed by atoms with Crippen LogP contribution in [0.15, 0.2) is 29.3 Å². The molecule has 2 aromatic heterocycles. The molecule has 2 N–H and O–H groups in total. The van der Waals surface area contributed by atoms with Gasteiger partial charge in [0.05, 0.1) is 17.8 Å². The second-order valence-corrected chi connectivity index (χ2v) is 4.45. The summed E-state index contributed by atoms with van der Waals surface area (Å²) in [4.78, 5) is 25.4. The zero-order valence-electron chi connectivity index (χ0n) is 11.1. The largest absolute Gasteiger partial charge is 0.345 e. The van der Waals surface area contributed by atoms with Crippen LogP contribution in [0.5, 0.6) is 0 Å². The van der Waals surface area contributed by atoms with Crippen molar-refractivity contribution in [3.63, 3.8) is 0 Å². The molecule has 0 aromatic carbocycles. The van der Waals surface area contributed by atoms with E-state index >= 15 is 0 Å². The Bertz CT molecular complexity index is 636. The van der Waals surface area contributed by atoms with Gasteiger partial charge in [-0.05, 0) is 19.9 Å². The molecule has 0 radical (unpaired) electrons. The van der Waals surface area contributed by atoms with Crippen LogP contribution < -0.4 is 10.9 Å². The van der Waals surface area contributed by atoms with E-state index in [4.69, 9.17) is 0 Å². The van der Waals surface area contributed by atoms with E-state index in [0.29, 0.717) is 5.56 Å². The highest BCUT2D eigenvalue weighted by molar-refractivity contribution is 5.94. The highest BCUT2D eigenvalue weighted by atomic mass is 16.2. The van der Waals surface area contributed by atoms with Gasteiger partial charge in [-0.3, -0.25) is 14.3 Å². The van der Waals surface area contributed by atoms with E-state index < -0.39 is 0 Å². The van der Waals surface area contributed by atoms with Crippen molar-refractivity contribution < 1.29 is 4.79 Å². The Labute approximate surface area is 110 Å². The predicted molar refractivity (Wildman–Crippen MR) is 70.9 cm³/mol. The van der Waals surface area contributed by atoms with E-state index in [2.05, 4.69) is 15.4 Å². The number of hydrogen-bond acceptors (Lipinski definition) is 3. The molecule has 0 bridgehead atoms. The van der Waals surface area contributed by atoms with Crippen molar-refractivity contribution in [1.29, 1.82) is 0 Å². The van der Waals surface area contributed by atoms with E-state index in [1.54, 1.807) is 10.9 Å². The quantitative estimate of drug-likeness (QED) is 0.860. The van der Waals surface area contributed by atoms with Gasteiger partial charge in [0, 0.05) is 30.6 Å². The summed E-state index contributed by atoms with van der Waals surface area (Å²) in [6.07, 6.45) is 3.15. The number of nitrogens with one attached hydrogen (secondary N) is 2. The van der Waals surface area contributed by atoms with Gasteiger partial charge in [-0.2, -0.15) is 5.10 Å². The molecule has 0 aliphatic heterocycles. The summed E-state index contributed by atoms with van der Waals surface area (Å²) in [7, 11) is 1.86. The van der Waals surface area contributed by atoms with Gasteiger partial charge in [0.15, 0.2) is 0 Å². The molecule has 1 unspecified atom stereocenters. The highest BCUT2D eigenvalue weighted by Crippen LogP contribution is 2.16. The molecule has 2 aromatic rings. The molecular weight excluding hydrogens is 244 g/mol. The van der Waals surface area contributed by atoms with Gasteiger partial charge < -0.3 is 10.3 Å². The SMILES string of the molecule is Cc1c(C(C)NC(=O)c2ccc(=O)[nH]c2)cnn1C. The summed E-state index contributed by atoms with van der Waals surface area (Å²) in [5.74, 6) is -0.230. The highest BCUT2D eigenvalue weighted by Gasteiger charge is 2.15. The fourth-order valence-corrected chi connectivity index (χ4v) is 1.85. The second kappa shape index (κ2) is 5.09. The summed E-state index contributed by atoms with van der Waals surface area (Å²) in [6.45, 7) is 3.85. The second-order valence-electron chi connectivity index (χ2n) is 4.45. The summed E-state index contributed by atoms with van der Waals surface area (Å²) in [5.41, 5.74) is 2.18. The normalized spacial score (nSPS) is 12.2. The molecular formula is C13H16N4O2. The maximum atomic E-state index is 12.0. The fourth-order valence-electron chi connectivity index (χ4n) is 1.85. The molecule has 100 valence electrons. The Kier molecular flexibility index (Phi) is 3.50. The van der Waals surface area contributed by atoms with E-state index in [1.807, 2.05) is 20.9 Å². The first-order valence-corrected chi connectivity index (χ1v) is 5.97. The van der Waals surface area contributed by atoms with Gasteiger partial charge >= 0.3 is 0 Å². The maximum absolute atomic E-state index is 12.0. The third-order valence-electron chi connectivity index (χ3n) is 3.13. The first-order valence-electron chi connectivity index (χ1n) is 5.97. The van der Waals surface area contributed by atoms with Gasteiger partial charge in [-0.25, -0.2) is 0 Å². The van der Waals surface area contributed by atoms with Crippen LogP contribution >= 0.6 is 0 Å². The molecule has 1 amide bonds. The van der Waals surface area contributed by atoms with Gasteiger partial charge in [-0.1, -0.05) is 0 Å². The number of aromatic nitrogens is 3. The summed E-state index contributed by atoms with van der Waals surface area (Å²) in [6, 6.07) is 2.68. The van der Waals surface area contributed by atoms with Gasteiger partial charge in [0.25, 0.3) is 5.91 Å². The topological polar surface area (TPSA) is 79.8 Å². The molecule has 6 heteroatoms. The minimum atomic E-state index is -0.230. The molecule has 6 nitrogen and oxygen atoms in total. The predicted octanol–water partition coefficient (Wildman–Crippen LogP) is 0.908.